The highest BCUT2D eigenvalue weighted by molar-refractivity contribution is 7.88. The van der Waals surface area contributed by atoms with Crippen molar-refractivity contribution >= 4 is 32.8 Å². The molecule has 196 valence electrons. The maximum absolute atomic E-state index is 12.8. The van der Waals surface area contributed by atoms with Crippen molar-refractivity contribution in [1.29, 1.82) is 0 Å². The number of nitrogens with two attached hydrogens (primary N) is 2. The van der Waals surface area contributed by atoms with Crippen LogP contribution in [0.25, 0.3) is 0 Å². The summed E-state index contributed by atoms with van der Waals surface area (Å²) in [7, 11) is -0.252. The quantitative estimate of drug-likeness (QED) is 0.296. The molecule has 0 amide bonds. The average molecular weight is 508 g/mol. The van der Waals surface area contributed by atoms with Gasteiger partial charge in [0.15, 0.2) is 0 Å². The van der Waals surface area contributed by atoms with Gasteiger partial charge in [-0.15, -0.1) is 0 Å². The molecule has 0 saturated carbocycles. The molecule has 0 radical (unpaired) electrons. The van der Waals surface area contributed by atoms with E-state index in [1.807, 2.05) is 37.3 Å². The fourth-order valence-corrected chi connectivity index (χ4v) is 5.03. The number of benzene rings is 2. The third-order valence-electron chi connectivity index (χ3n) is 5.94. The fraction of sp³-hybridized carbons (Fsp3) is 0.520. The van der Waals surface area contributed by atoms with Crippen LogP contribution in [0.15, 0.2) is 36.4 Å². The Morgan fingerprint density at radius 1 is 0.829 bits per heavy atom. The second-order valence-electron chi connectivity index (χ2n) is 8.31. The first-order valence-electron chi connectivity index (χ1n) is 12.0. The van der Waals surface area contributed by atoms with Gasteiger partial charge in [0.05, 0.1) is 19.0 Å². The van der Waals surface area contributed by atoms with Crippen molar-refractivity contribution in [2.24, 2.45) is 0 Å². The lowest BCUT2D eigenvalue weighted by Gasteiger charge is -2.24. The molecule has 35 heavy (non-hydrogen) atoms. The minimum Gasteiger partial charge on any atom is -0.399 e. The molecule has 0 saturated heterocycles. The highest BCUT2D eigenvalue weighted by Gasteiger charge is 2.16. The van der Waals surface area contributed by atoms with E-state index in [0.29, 0.717) is 43.1 Å². The van der Waals surface area contributed by atoms with Crippen molar-refractivity contribution in [3.63, 3.8) is 0 Å². The van der Waals surface area contributed by atoms with Gasteiger partial charge in [0.2, 0.25) is 10.0 Å². The van der Waals surface area contributed by atoms with Crippen molar-refractivity contribution < 1.29 is 17.9 Å². The Morgan fingerprint density at radius 3 is 1.80 bits per heavy atom. The van der Waals surface area contributed by atoms with Crippen LogP contribution in [-0.2, 0) is 31.7 Å². The number of sulfonamides is 1. The van der Waals surface area contributed by atoms with Gasteiger partial charge in [-0.3, -0.25) is 0 Å². The number of likely N-dealkylation sites (N-methyl/N-ethyl adjacent to an activating group) is 2. The molecule has 0 fully saturated rings. The molecule has 0 unspecified atom stereocenters. The Balaban J connectivity index is 2.05. The van der Waals surface area contributed by atoms with E-state index in [4.69, 9.17) is 20.9 Å². The third kappa shape index (κ3) is 8.88. The number of rotatable bonds is 16. The SMILES string of the molecule is CCN(CCOC)c1ccc(N)c(CCNS(=O)(=O)Cc2cc(N(CC)CCOC)ccc2N)c1. The lowest BCUT2D eigenvalue weighted by molar-refractivity contribution is 0.205. The number of nitrogens with one attached hydrogen (secondary N) is 1. The van der Waals surface area contributed by atoms with Gasteiger partial charge in [-0.25, -0.2) is 13.1 Å². The van der Waals surface area contributed by atoms with Gasteiger partial charge in [0, 0.05) is 69.7 Å². The van der Waals surface area contributed by atoms with Crippen LogP contribution >= 0.6 is 0 Å². The van der Waals surface area contributed by atoms with E-state index in [2.05, 4.69) is 21.4 Å². The zero-order valence-corrected chi connectivity index (χ0v) is 22.2. The van der Waals surface area contributed by atoms with Crippen LogP contribution in [0, 0.1) is 0 Å². The maximum Gasteiger partial charge on any atom is 0.215 e. The lowest BCUT2D eigenvalue weighted by Crippen LogP contribution is -2.29. The van der Waals surface area contributed by atoms with Gasteiger partial charge < -0.3 is 30.7 Å². The topological polar surface area (TPSA) is 123 Å². The summed E-state index contributed by atoms with van der Waals surface area (Å²) in [6.45, 7) is 8.67. The third-order valence-corrected chi connectivity index (χ3v) is 7.27. The fourth-order valence-electron chi connectivity index (χ4n) is 3.86. The van der Waals surface area contributed by atoms with E-state index >= 15 is 0 Å². The van der Waals surface area contributed by atoms with Crippen LogP contribution in [0.2, 0.25) is 0 Å². The Morgan fingerprint density at radius 2 is 1.31 bits per heavy atom. The number of anilines is 4. The normalized spacial score (nSPS) is 11.5. The van der Waals surface area contributed by atoms with Gasteiger partial charge in [-0.2, -0.15) is 0 Å². The summed E-state index contributed by atoms with van der Waals surface area (Å²) in [5.74, 6) is -0.190. The molecule has 0 atom stereocenters. The Labute approximate surface area is 210 Å². The van der Waals surface area contributed by atoms with Crippen molar-refractivity contribution in [3.8, 4) is 0 Å². The Kier molecular flexibility index (Phi) is 11.6. The number of methoxy groups -OCH3 is 2. The summed E-state index contributed by atoms with van der Waals surface area (Å²) in [5.41, 5.74) is 16.8. The zero-order chi connectivity index (χ0) is 25.8. The van der Waals surface area contributed by atoms with Crippen molar-refractivity contribution in [3.05, 3.63) is 47.5 Å². The number of nitrogen functional groups attached to an aromatic ring is 2. The van der Waals surface area contributed by atoms with Gasteiger partial charge in [0.1, 0.15) is 0 Å². The number of ether oxygens (including phenoxy) is 2. The number of hydrogen-bond donors (Lipinski definition) is 3. The van der Waals surface area contributed by atoms with Crippen LogP contribution in [0.3, 0.4) is 0 Å². The summed E-state index contributed by atoms with van der Waals surface area (Å²) in [6, 6.07) is 11.4. The monoisotopic (exact) mass is 507 g/mol. The van der Waals surface area contributed by atoms with E-state index in [1.54, 1.807) is 20.3 Å². The van der Waals surface area contributed by atoms with Crippen LogP contribution in [0.4, 0.5) is 22.7 Å². The van der Waals surface area contributed by atoms with Gasteiger partial charge in [-0.1, -0.05) is 0 Å². The van der Waals surface area contributed by atoms with E-state index in [-0.39, 0.29) is 12.3 Å². The van der Waals surface area contributed by atoms with Crippen molar-refractivity contribution in [1.82, 2.24) is 4.72 Å². The summed E-state index contributed by atoms with van der Waals surface area (Å²) in [6.07, 6.45) is 0.483. The van der Waals surface area contributed by atoms with Crippen LogP contribution in [0.5, 0.6) is 0 Å². The molecule has 0 heterocycles. The maximum atomic E-state index is 12.8. The summed E-state index contributed by atoms with van der Waals surface area (Å²) >= 11 is 0. The predicted molar refractivity (Wildman–Crippen MR) is 146 cm³/mol. The van der Waals surface area contributed by atoms with Gasteiger partial charge in [-0.05, 0) is 67.8 Å². The van der Waals surface area contributed by atoms with Crippen LogP contribution in [0.1, 0.15) is 25.0 Å². The molecule has 0 bridgehead atoms. The lowest BCUT2D eigenvalue weighted by atomic mass is 10.1. The first kappa shape index (κ1) is 28.7. The highest BCUT2D eigenvalue weighted by Crippen LogP contribution is 2.24. The summed E-state index contributed by atoms with van der Waals surface area (Å²) in [5, 5.41) is 0. The van der Waals surface area contributed by atoms with Crippen LogP contribution < -0.4 is 26.0 Å². The molecular weight excluding hydrogens is 466 g/mol. The predicted octanol–water partition coefficient (Wildman–Crippen LogP) is 2.46. The summed E-state index contributed by atoms with van der Waals surface area (Å²) < 4.78 is 38.7. The molecule has 9 nitrogen and oxygen atoms in total. The number of hydrogen-bond acceptors (Lipinski definition) is 8. The second kappa shape index (κ2) is 14.1. The molecule has 2 aromatic rings. The molecule has 10 heteroatoms. The highest BCUT2D eigenvalue weighted by atomic mass is 32.2. The largest absolute Gasteiger partial charge is 0.399 e. The molecule has 0 aliphatic rings. The van der Waals surface area contributed by atoms with Gasteiger partial charge in [0.25, 0.3) is 0 Å². The first-order valence-corrected chi connectivity index (χ1v) is 13.6. The van der Waals surface area contributed by atoms with E-state index in [1.165, 1.54) is 0 Å². The Bertz CT molecular complexity index is 1030. The molecule has 0 spiro atoms. The van der Waals surface area contributed by atoms with Crippen LogP contribution in [-0.4, -0.2) is 68.6 Å². The zero-order valence-electron chi connectivity index (χ0n) is 21.4. The van der Waals surface area contributed by atoms with Gasteiger partial charge >= 0.3 is 0 Å². The molecule has 0 aromatic heterocycles. The molecule has 2 rings (SSSR count). The molecule has 2 aromatic carbocycles. The number of nitrogens with zero attached hydrogens (tertiary/aromatic N) is 2. The molecule has 0 aliphatic carbocycles. The van der Waals surface area contributed by atoms with E-state index in [0.717, 1.165) is 36.6 Å². The second-order valence-corrected chi connectivity index (χ2v) is 10.1. The van der Waals surface area contributed by atoms with Crippen molar-refractivity contribution in [2.45, 2.75) is 26.0 Å². The first-order chi connectivity index (χ1) is 16.7. The molecular formula is C25H41N5O4S. The summed E-state index contributed by atoms with van der Waals surface area (Å²) in [4.78, 5) is 4.31. The molecule has 5 N–H and O–H groups in total. The minimum absolute atomic E-state index is 0.190. The van der Waals surface area contributed by atoms with Crippen molar-refractivity contribution in [2.75, 3.05) is 81.4 Å². The average Bonchev–Trinajstić information content (AvgIpc) is 2.83. The Hall–Kier alpha value is -2.53. The smallest absolute Gasteiger partial charge is 0.215 e. The van der Waals surface area contributed by atoms with E-state index in [9.17, 15) is 8.42 Å². The molecule has 0 aliphatic heterocycles. The van der Waals surface area contributed by atoms with E-state index < -0.39 is 10.0 Å². The standard InChI is InChI=1S/C25H41N5O4S/c1-5-29(13-15-33-3)22-7-9-24(26)20(17-22)11-12-28-35(31,32)19-21-18-23(8-10-25(21)27)30(6-2)14-16-34-4/h7-10,17-18,28H,5-6,11-16,19,26-27H2,1-4H3. The minimum atomic E-state index is -3.59.